The molecule has 1 heterocycles. The summed E-state index contributed by atoms with van der Waals surface area (Å²) in [4.78, 5) is 181. The highest BCUT2D eigenvalue weighted by molar-refractivity contribution is 5.99. The van der Waals surface area contributed by atoms with Crippen LogP contribution in [-0.4, -0.2) is 186 Å². The molecule has 13 amide bonds. The van der Waals surface area contributed by atoms with Crippen LogP contribution in [0.3, 0.4) is 0 Å². The number of unbranched alkanes of at least 4 members (excludes halogenated alkanes) is 1. The molecule has 2 rings (SSSR count). The van der Waals surface area contributed by atoms with Crippen molar-refractivity contribution in [3.05, 3.63) is 35.9 Å². The number of rotatable bonds is 45. The predicted octanol–water partition coefficient (Wildman–Crippen LogP) is 0.461. The molecule has 1 aromatic carbocycles. The lowest BCUT2D eigenvalue weighted by molar-refractivity contribution is -0.142. The Bertz CT molecular complexity index is 2810. The Kier molecular flexibility index (Phi) is 39.1. The zero-order chi connectivity index (χ0) is 75.0. The van der Waals surface area contributed by atoms with Gasteiger partial charge in [-0.15, -0.1) is 0 Å². The van der Waals surface area contributed by atoms with E-state index in [1.54, 1.807) is 48.5 Å². The smallest absolute Gasteiger partial charge is 0.245 e. The number of hydrogen-bond donors (Lipinski definition) is 15. The first kappa shape index (κ1) is 87.3. The molecule has 0 radical (unpaired) electrons. The van der Waals surface area contributed by atoms with Crippen molar-refractivity contribution in [3.8, 4) is 0 Å². The van der Waals surface area contributed by atoms with Crippen LogP contribution in [0.25, 0.3) is 0 Å². The van der Waals surface area contributed by atoms with Gasteiger partial charge >= 0.3 is 0 Å². The SMILES string of the molecule is CC[C@H](C)[C@H](NC(=O)[C@H](CCCCN)NC(=O)CNC(=O)[C@H](NC(=O)[C@H](CC(C)C)NC(=O)[C@@H]1CCCN1C(=O)[C@H](CC(C)C)NC(=O)[C@@H](N)Cc1ccccc1)[C@@H](C)CC)C(=O)N[C@@H](CC(C)C)C(=O)NCC(=O)N[C@H](C(=O)N[C@H](C(=O)N[C@@H](CC(C)C)C(N)=O)[C@@H](C)CC)[C@@H](C)O. The highest BCUT2D eigenvalue weighted by Gasteiger charge is 2.41. The Morgan fingerprint density at radius 3 is 1.39 bits per heavy atom. The Morgan fingerprint density at radius 2 is 0.909 bits per heavy atom. The fourth-order valence-electron chi connectivity index (χ4n) is 11.4. The second kappa shape index (κ2) is 44.4. The van der Waals surface area contributed by atoms with E-state index in [1.807, 2.05) is 78.8 Å². The maximum Gasteiger partial charge on any atom is 0.245 e. The summed E-state index contributed by atoms with van der Waals surface area (Å²) in [6.07, 6.45) is 2.42. The molecule has 0 unspecified atom stereocenters. The maximum absolute atomic E-state index is 14.3. The van der Waals surface area contributed by atoms with Crippen LogP contribution >= 0.6 is 0 Å². The Balaban J connectivity index is 2.25. The van der Waals surface area contributed by atoms with Gasteiger partial charge < -0.3 is 85.7 Å². The number of amides is 13. The summed E-state index contributed by atoms with van der Waals surface area (Å²) in [7, 11) is 0. The predicted molar refractivity (Wildman–Crippen MR) is 376 cm³/mol. The average Bonchev–Trinajstić information content (AvgIpc) is 1.82. The summed E-state index contributed by atoms with van der Waals surface area (Å²) < 4.78 is 0. The molecule has 15 atom stereocenters. The van der Waals surface area contributed by atoms with Crippen LogP contribution in [0, 0.1) is 41.4 Å². The van der Waals surface area contributed by atoms with Gasteiger partial charge in [0.25, 0.3) is 0 Å². The lowest BCUT2D eigenvalue weighted by Gasteiger charge is -2.31. The molecule has 0 saturated carbocycles. The van der Waals surface area contributed by atoms with Gasteiger partial charge in [-0.2, -0.15) is 0 Å². The summed E-state index contributed by atoms with van der Waals surface area (Å²) in [5.41, 5.74) is 18.5. The first-order chi connectivity index (χ1) is 46.5. The van der Waals surface area contributed by atoms with E-state index in [4.69, 9.17) is 17.2 Å². The van der Waals surface area contributed by atoms with Crippen molar-refractivity contribution in [2.75, 3.05) is 26.2 Å². The van der Waals surface area contributed by atoms with E-state index in [0.29, 0.717) is 44.9 Å². The number of nitrogens with two attached hydrogens (primary N) is 3. The van der Waals surface area contributed by atoms with Crippen molar-refractivity contribution >= 4 is 76.8 Å². The van der Waals surface area contributed by atoms with Crippen molar-refractivity contribution in [2.45, 2.75) is 260 Å². The van der Waals surface area contributed by atoms with Crippen LogP contribution in [0.15, 0.2) is 30.3 Å². The second-order valence-electron chi connectivity index (χ2n) is 28.4. The number of nitrogens with one attached hydrogen (secondary N) is 11. The van der Waals surface area contributed by atoms with Gasteiger partial charge in [0.1, 0.15) is 60.4 Å². The highest BCUT2D eigenvalue weighted by Crippen LogP contribution is 2.23. The normalized spacial score (nSPS) is 17.3. The van der Waals surface area contributed by atoms with E-state index in [2.05, 4.69) is 58.5 Å². The first-order valence-electron chi connectivity index (χ1n) is 35.5. The number of primary amides is 1. The molecule has 18 N–H and O–H groups in total. The lowest BCUT2D eigenvalue weighted by Crippen LogP contribution is -2.61. The van der Waals surface area contributed by atoms with Crippen molar-refractivity contribution in [1.82, 2.24) is 63.4 Å². The van der Waals surface area contributed by atoms with Gasteiger partial charge in [0.05, 0.1) is 25.2 Å². The zero-order valence-electron chi connectivity index (χ0n) is 61.3. The second-order valence-corrected chi connectivity index (χ2v) is 28.4. The molecular weight excluding hydrogens is 1270 g/mol. The fourth-order valence-corrected chi connectivity index (χ4v) is 11.4. The number of hydrogen-bond acceptors (Lipinski definition) is 16. The van der Waals surface area contributed by atoms with Crippen LogP contribution in [0.4, 0.5) is 0 Å². The van der Waals surface area contributed by atoms with Crippen molar-refractivity contribution in [1.29, 1.82) is 0 Å². The molecule has 1 saturated heterocycles. The zero-order valence-corrected chi connectivity index (χ0v) is 61.3. The van der Waals surface area contributed by atoms with Crippen molar-refractivity contribution in [3.63, 3.8) is 0 Å². The van der Waals surface area contributed by atoms with Crippen LogP contribution in [0.5, 0.6) is 0 Å². The van der Waals surface area contributed by atoms with Gasteiger partial charge in [-0.1, -0.05) is 147 Å². The molecular formula is C70H121N15O14. The third-order valence-electron chi connectivity index (χ3n) is 17.7. The van der Waals surface area contributed by atoms with Crippen molar-refractivity contribution < 1.29 is 67.4 Å². The van der Waals surface area contributed by atoms with E-state index in [-0.39, 0.29) is 75.3 Å². The first-order valence-corrected chi connectivity index (χ1v) is 35.5. The quantitative estimate of drug-likeness (QED) is 0.0395. The molecule has 1 fully saturated rings. The van der Waals surface area contributed by atoms with Gasteiger partial charge in [-0.05, 0) is 125 Å². The number of nitrogens with zero attached hydrogens (tertiary/aromatic N) is 1. The van der Waals surface area contributed by atoms with E-state index >= 15 is 0 Å². The number of carbonyl (C=O) groups is 13. The van der Waals surface area contributed by atoms with Gasteiger partial charge in [0, 0.05) is 6.54 Å². The molecule has 1 aromatic rings. The Morgan fingerprint density at radius 1 is 0.485 bits per heavy atom. The number of aliphatic hydroxyl groups is 1. The largest absolute Gasteiger partial charge is 0.391 e. The molecule has 29 nitrogen and oxygen atoms in total. The Hall–Kier alpha value is -7.79. The van der Waals surface area contributed by atoms with Crippen LogP contribution in [0.1, 0.15) is 186 Å². The number of likely N-dealkylation sites (tertiary alicyclic amines) is 1. The molecule has 0 aliphatic carbocycles. The fraction of sp³-hybridized carbons (Fsp3) is 0.729. The molecule has 0 bridgehead atoms. The van der Waals surface area contributed by atoms with Gasteiger partial charge in [0.2, 0.25) is 76.8 Å². The van der Waals surface area contributed by atoms with E-state index < -0.39 is 180 Å². The van der Waals surface area contributed by atoms with E-state index in [1.165, 1.54) is 11.8 Å². The summed E-state index contributed by atoms with van der Waals surface area (Å²) in [6.45, 7) is 25.7. The number of benzene rings is 1. The standard InChI is InChI=1S/C70H121N15O14/c1-16-42(12)56(82-64(93)51(33-40(8)9)78-65(94)53-28-24-30-85(53)70(99)52(34-41(10)11)80-61(90)47(72)35-46-25-20-19-21-26-46)66(95)75-36-54(87)76-48(27-22-23-29-71)63(92)83-57(43(13)17-2)68(97)79-50(32-39(6)7)62(91)74-37-55(88)81-59(45(15)86)69(98)84-58(44(14)18-3)67(96)77-49(60(73)89)31-38(4)5/h19-21,25-26,38-45,47-53,56-59,86H,16-18,22-24,27-37,71-72H2,1-15H3,(H2,73,89)(H,74,91)(H,75,95)(H,76,87)(H,77,96)(H,78,94)(H,79,97)(H,80,90)(H,81,88)(H,82,93)(H,83,92)(H,84,98)/t42-,43-,44-,45+,47-,48-,49-,50-,51-,52-,53-,56+,57-,58-,59-/m0/s1. The topological polar surface area (TPSA) is 456 Å². The monoisotopic (exact) mass is 1400 g/mol. The minimum absolute atomic E-state index is 0.00274. The number of carbonyl (C=O) groups excluding carboxylic acids is 13. The third kappa shape index (κ3) is 30.7. The summed E-state index contributed by atoms with van der Waals surface area (Å²) in [5, 5.41) is 39.9. The highest BCUT2D eigenvalue weighted by atomic mass is 16.3. The lowest BCUT2D eigenvalue weighted by atomic mass is 9.96. The molecule has 0 spiro atoms. The summed E-state index contributed by atoms with van der Waals surface area (Å²) in [5.74, 6) is -11.1. The van der Waals surface area contributed by atoms with E-state index in [0.717, 1.165) is 5.56 Å². The average molecular weight is 1400 g/mol. The summed E-state index contributed by atoms with van der Waals surface area (Å²) >= 11 is 0. The van der Waals surface area contributed by atoms with E-state index in [9.17, 15) is 67.4 Å². The minimum Gasteiger partial charge on any atom is -0.391 e. The van der Waals surface area contributed by atoms with Gasteiger partial charge in [-0.25, -0.2) is 0 Å². The van der Waals surface area contributed by atoms with Gasteiger partial charge in [0.15, 0.2) is 0 Å². The molecule has 560 valence electrons. The molecule has 99 heavy (non-hydrogen) atoms. The molecule has 1 aliphatic heterocycles. The van der Waals surface area contributed by atoms with Crippen LogP contribution in [-0.2, 0) is 68.7 Å². The summed E-state index contributed by atoms with van der Waals surface area (Å²) in [6, 6.07) is -3.52. The van der Waals surface area contributed by atoms with Gasteiger partial charge in [-0.3, -0.25) is 62.3 Å². The van der Waals surface area contributed by atoms with Crippen LogP contribution in [0.2, 0.25) is 0 Å². The molecule has 1 aliphatic rings. The Labute approximate surface area is 586 Å². The number of aliphatic hydroxyl groups excluding tert-OH is 1. The van der Waals surface area contributed by atoms with Crippen LogP contribution < -0.4 is 75.7 Å². The minimum atomic E-state index is -1.60. The molecule has 29 heteroatoms. The third-order valence-corrected chi connectivity index (χ3v) is 17.7. The van der Waals surface area contributed by atoms with Crippen molar-refractivity contribution in [2.24, 2.45) is 58.6 Å². The maximum atomic E-state index is 14.3. The molecule has 0 aromatic heterocycles.